The Hall–Kier alpha value is -1.71. The van der Waals surface area contributed by atoms with Crippen LogP contribution in [-0.2, 0) is 0 Å². The van der Waals surface area contributed by atoms with Gasteiger partial charge in [-0.25, -0.2) is 4.79 Å². The molecule has 0 saturated carbocycles. The molecule has 0 aromatic heterocycles. The number of amides is 2. The van der Waals surface area contributed by atoms with E-state index in [-0.39, 0.29) is 12.1 Å². The van der Waals surface area contributed by atoms with Crippen LogP contribution in [0.3, 0.4) is 0 Å². The highest BCUT2D eigenvalue weighted by molar-refractivity contribution is 5.74. The second-order valence-corrected chi connectivity index (χ2v) is 6.16. The minimum Gasteiger partial charge on any atom is -0.368 e. The Kier molecular flexibility index (Phi) is 6.56. The van der Waals surface area contributed by atoms with Crippen molar-refractivity contribution in [3.05, 3.63) is 30.3 Å². The highest BCUT2D eigenvalue weighted by atomic mass is 16.2. The van der Waals surface area contributed by atoms with E-state index in [4.69, 9.17) is 0 Å². The zero-order chi connectivity index (χ0) is 15.8. The molecule has 1 aliphatic heterocycles. The minimum atomic E-state index is 0.0942. The van der Waals surface area contributed by atoms with Crippen molar-refractivity contribution in [3.8, 4) is 0 Å². The van der Waals surface area contributed by atoms with Crippen molar-refractivity contribution < 1.29 is 4.79 Å². The van der Waals surface area contributed by atoms with Gasteiger partial charge in [0, 0.05) is 37.9 Å². The number of rotatable bonds is 6. The Labute approximate surface area is 134 Å². The molecule has 122 valence electrons. The van der Waals surface area contributed by atoms with Crippen LogP contribution in [0.5, 0.6) is 0 Å². The van der Waals surface area contributed by atoms with Gasteiger partial charge in [0.15, 0.2) is 0 Å². The summed E-state index contributed by atoms with van der Waals surface area (Å²) in [6, 6.07) is 10.8. The lowest BCUT2D eigenvalue weighted by Gasteiger charge is -2.36. The van der Waals surface area contributed by atoms with E-state index in [1.54, 1.807) is 0 Å². The second-order valence-electron chi connectivity index (χ2n) is 6.16. The lowest BCUT2D eigenvalue weighted by atomic mass is 10.1. The number of carbonyl (C=O) groups is 1. The van der Waals surface area contributed by atoms with E-state index in [9.17, 15) is 4.79 Å². The predicted octanol–water partition coefficient (Wildman–Crippen LogP) is 3.49. The fourth-order valence-corrected chi connectivity index (χ4v) is 2.88. The molecule has 1 unspecified atom stereocenters. The van der Waals surface area contributed by atoms with Gasteiger partial charge in [0.05, 0.1) is 0 Å². The molecule has 0 aliphatic carbocycles. The van der Waals surface area contributed by atoms with E-state index in [0.717, 1.165) is 32.6 Å². The van der Waals surface area contributed by atoms with Gasteiger partial charge in [0.2, 0.25) is 0 Å². The van der Waals surface area contributed by atoms with E-state index < -0.39 is 0 Å². The van der Waals surface area contributed by atoms with Crippen LogP contribution in [0.2, 0.25) is 0 Å². The normalized spacial score (nSPS) is 16.5. The number of para-hydroxylation sites is 1. The molecule has 1 saturated heterocycles. The predicted molar refractivity (Wildman–Crippen MR) is 92.4 cm³/mol. The van der Waals surface area contributed by atoms with Crippen LogP contribution in [0.25, 0.3) is 0 Å². The summed E-state index contributed by atoms with van der Waals surface area (Å²) in [6.45, 7) is 7.71. The van der Waals surface area contributed by atoms with Gasteiger partial charge in [-0.1, -0.05) is 44.4 Å². The number of anilines is 1. The number of benzene rings is 1. The monoisotopic (exact) mass is 303 g/mol. The molecule has 1 fully saturated rings. The van der Waals surface area contributed by atoms with E-state index in [1.807, 2.05) is 11.0 Å². The quantitative estimate of drug-likeness (QED) is 0.817. The van der Waals surface area contributed by atoms with Crippen LogP contribution in [0.15, 0.2) is 30.3 Å². The van der Waals surface area contributed by atoms with Crippen molar-refractivity contribution in [2.24, 2.45) is 0 Å². The summed E-state index contributed by atoms with van der Waals surface area (Å²) in [4.78, 5) is 16.6. The summed E-state index contributed by atoms with van der Waals surface area (Å²) in [5.74, 6) is 0. The van der Waals surface area contributed by atoms with E-state index in [0.29, 0.717) is 0 Å². The Morgan fingerprint density at radius 3 is 2.45 bits per heavy atom. The molecule has 1 N–H and O–H groups in total. The average Bonchev–Trinajstić information content (AvgIpc) is 2.56. The van der Waals surface area contributed by atoms with E-state index in [2.05, 4.69) is 48.3 Å². The smallest absolute Gasteiger partial charge is 0.317 e. The summed E-state index contributed by atoms with van der Waals surface area (Å²) in [6.07, 6.45) is 4.74. The number of carbonyl (C=O) groups excluding carboxylic acids is 1. The molecule has 1 aromatic carbocycles. The third-order valence-corrected chi connectivity index (χ3v) is 4.30. The van der Waals surface area contributed by atoms with Crippen LogP contribution in [-0.4, -0.2) is 43.2 Å². The van der Waals surface area contributed by atoms with Crippen LogP contribution < -0.4 is 10.2 Å². The second kappa shape index (κ2) is 8.66. The van der Waals surface area contributed by atoms with Gasteiger partial charge in [-0.3, -0.25) is 0 Å². The standard InChI is InChI=1S/C18H29N3O/c1-3-4-6-9-16(2)19-18(22)21-14-12-20(13-15-21)17-10-7-5-8-11-17/h5,7-8,10-11,16H,3-4,6,9,12-15H2,1-2H3,(H,19,22). The van der Waals surface area contributed by atoms with Crippen LogP contribution in [0, 0.1) is 0 Å². The van der Waals surface area contributed by atoms with Crippen molar-refractivity contribution >= 4 is 11.7 Å². The topological polar surface area (TPSA) is 35.6 Å². The summed E-state index contributed by atoms with van der Waals surface area (Å²) >= 11 is 0. The van der Waals surface area contributed by atoms with Gasteiger partial charge in [-0.15, -0.1) is 0 Å². The number of hydrogen-bond acceptors (Lipinski definition) is 2. The van der Waals surface area contributed by atoms with Gasteiger partial charge >= 0.3 is 6.03 Å². The maximum atomic E-state index is 12.3. The highest BCUT2D eigenvalue weighted by Gasteiger charge is 2.21. The van der Waals surface area contributed by atoms with Gasteiger partial charge in [0.25, 0.3) is 0 Å². The lowest BCUT2D eigenvalue weighted by molar-refractivity contribution is 0.190. The molecule has 2 amide bonds. The molecular weight excluding hydrogens is 274 g/mol. The van der Waals surface area contributed by atoms with Crippen molar-refractivity contribution in [3.63, 3.8) is 0 Å². The highest BCUT2D eigenvalue weighted by Crippen LogP contribution is 2.15. The molecule has 1 aromatic rings. The van der Waals surface area contributed by atoms with Crippen LogP contribution in [0.4, 0.5) is 10.5 Å². The number of urea groups is 1. The van der Waals surface area contributed by atoms with Gasteiger partial charge in [-0.2, -0.15) is 0 Å². The first kappa shape index (κ1) is 16.7. The molecule has 0 bridgehead atoms. The molecule has 1 atom stereocenters. The minimum absolute atomic E-state index is 0.0942. The number of piperazine rings is 1. The van der Waals surface area contributed by atoms with Crippen molar-refractivity contribution in [2.75, 3.05) is 31.1 Å². The molecular formula is C18H29N3O. The van der Waals surface area contributed by atoms with Crippen molar-refractivity contribution in [1.29, 1.82) is 0 Å². The molecule has 4 nitrogen and oxygen atoms in total. The molecule has 4 heteroatoms. The van der Waals surface area contributed by atoms with Crippen LogP contribution in [0.1, 0.15) is 39.5 Å². The number of nitrogens with one attached hydrogen (secondary N) is 1. The number of unbranched alkanes of at least 4 members (excludes halogenated alkanes) is 2. The molecule has 2 rings (SSSR count). The van der Waals surface area contributed by atoms with E-state index in [1.165, 1.54) is 24.9 Å². The van der Waals surface area contributed by atoms with Crippen molar-refractivity contribution in [2.45, 2.75) is 45.6 Å². The first-order valence-corrected chi connectivity index (χ1v) is 8.56. The Morgan fingerprint density at radius 2 is 1.82 bits per heavy atom. The Bertz CT molecular complexity index is 441. The SMILES string of the molecule is CCCCCC(C)NC(=O)N1CCN(c2ccccc2)CC1. The molecule has 0 radical (unpaired) electrons. The summed E-state index contributed by atoms with van der Waals surface area (Å²) in [5.41, 5.74) is 1.25. The summed E-state index contributed by atoms with van der Waals surface area (Å²) in [5, 5.41) is 3.13. The molecule has 1 aliphatic rings. The summed E-state index contributed by atoms with van der Waals surface area (Å²) in [7, 11) is 0. The number of nitrogens with zero attached hydrogens (tertiary/aromatic N) is 2. The fourth-order valence-electron chi connectivity index (χ4n) is 2.88. The van der Waals surface area contributed by atoms with Crippen molar-refractivity contribution in [1.82, 2.24) is 10.2 Å². The zero-order valence-corrected chi connectivity index (χ0v) is 13.9. The average molecular weight is 303 g/mol. The third kappa shape index (κ3) is 4.93. The van der Waals surface area contributed by atoms with Gasteiger partial charge in [-0.05, 0) is 25.5 Å². The Balaban J connectivity index is 1.73. The van der Waals surface area contributed by atoms with Gasteiger partial charge < -0.3 is 15.1 Å². The van der Waals surface area contributed by atoms with Gasteiger partial charge in [0.1, 0.15) is 0 Å². The largest absolute Gasteiger partial charge is 0.368 e. The lowest BCUT2D eigenvalue weighted by Crippen LogP contribution is -2.53. The zero-order valence-electron chi connectivity index (χ0n) is 13.9. The first-order chi connectivity index (χ1) is 10.7. The fraction of sp³-hybridized carbons (Fsp3) is 0.611. The molecule has 0 spiro atoms. The maximum absolute atomic E-state index is 12.3. The van der Waals surface area contributed by atoms with Crippen LogP contribution >= 0.6 is 0 Å². The molecule has 22 heavy (non-hydrogen) atoms. The Morgan fingerprint density at radius 1 is 1.14 bits per heavy atom. The van der Waals surface area contributed by atoms with E-state index >= 15 is 0 Å². The molecule has 1 heterocycles. The summed E-state index contributed by atoms with van der Waals surface area (Å²) < 4.78 is 0. The number of hydrogen-bond donors (Lipinski definition) is 1. The first-order valence-electron chi connectivity index (χ1n) is 8.56. The third-order valence-electron chi connectivity index (χ3n) is 4.30. The maximum Gasteiger partial charge on any atom is 0.317 e.